The largest absolute Gasteiger partial charge is 0.478 e. The first kappa shape index (κ1) is 9.52. The molecule has 76 valence electrons. The van der Waals surface area contributed by atoms with E-state index in [-0.39, 0.29) is 5.57 Å². The smallest absolute Gasteiger partial charge is 0.331 e. The number of furan rings is 1. The first-order valence-electron chi connectivity index (χ1n) is 4.57. The quantitative estimate of drug-likeness (QED) is 0.761. The minimum Gasteiger partial charge on any atom is -0.478 e. The maximum absolute atomic E-state index is 10.6. The Hall–Kier alpha value is -2.03. The van der Waals surface area contributed by atoms with Crippen molar-refractivity contribution in [3.05, 3.63) is 41.7 Å². The van der Waals surface area contributed by atoms with Gasteiger partial charge in [-0.2, -0.15) is 0 Å². The first-order chi connectivity index (χ1) is 7.16. The van der Waals surface area contributed by atoms with Crippen LogP contribution in [0.15, 0.2) is 40.3 Å². The molecular formula is C12H10O3. The van der Waals surface area contributed by atoms with Gasteiger partial charge in [-0.25, -0.2) is 4.79 Å². The van der Waals surface area contributed by atoms with Crippen molar-refractivity contribution in [2.45, 2.75) is 6.92 Å². The topological polar surface area (TPSA) is 50.4 Å². The van der Waals surface area contributed by atoms with Gasteiger partial charge in [0, 0.05) is 11.0 Å². The van der Waals surface area contributed by atoms with Crippen molar-refractivity contribution in [1.82, 2.24) is 0 Å². The number of aliphatic carboxylic acids is 1. The van der Waals surface area contributed by atoms with Crippen molar-refractivity contribution in [3.8, 4) is 0 Å². The molecule has 3 heteroatoms. The van der Waals surface area contributed by atoms with E-state index >= 15 is 0 Å². The lowest BCUT2D eigenvalue weighted by Crippen LogP contribution is -1.94. The van der Waals surface area contributed by atoms with Crippen molar-refractivity contribution in [2.75, 3.05) is 0 Å². The molecule has 1 N–H and O–H groups in total. The van der Waals surface area contributed by atoms with Gasteiger partial charge in [-0.3, -0.25) is 0 Å². The molecule has 1 heterocycles. The predicted octanol–water partition coefficient (Wildman–Crippen LogP) is 2.92. The van der Waals surface area contributed by atoms with E-state index in [4.69, 9.17) is 9.52 Å². The summed E-state index contributed by atoms with van der Waals surface area (Å²) in [5, 5.41) is 9.68. The zero-order valence-electron chi connectivity index (χ0n) is 8.23. The molecule has 2 rings (SSSR count). The molecule has 0 spiro atoms. The van der Waals surface area contributed by atoms with Crippen molar-refractivity contribution >= 4 is 23.0 Å². The lowest BCUT2D eigenvalue weighted by Gasteiger charge is -1.89. The number of benzene rings is 1. The normalized spacial score (nSPS) is 11.9. The molecule has 0 saturated heterocycles. The Bertz CT molecular complexity index is 502. The molecule has 0 amide bonds. The first-order valence-corrected chi connectivity index (χ1v) is 4.57. The molecule has 0 aliphatic rings. The summed E-state index contributed by atoms with van der Waals surface area (Å²) in [6, 6.07) is 9.38. The number of hydrogen-bond acceptors (Lipinski definition) is 2. The molecule has 0 atom stereocenters. The zero-order chi connectivity index (χ0) is 10.8. The van der Waals surface area contributed by atoms with Gasteiger partial charge in [0.15, 0.2) is 0 Å². The number of carboxylic acid groups (broad SMARTS) is 1. The van der Waals surface area contributed by atoms with Gasteiger partial charge in [0.2, 0.25) is 0 Å². The summed E-state index contributed by atoms with van der Waals surface area (Å²) in [7, 11) is 0. The summed E-state index contributed by atoms with van der Waals surface area (Å²) in [5.74, 6) is -0.369. The van der Waals surface area contributed by atoms with Gasteiger partial charge in [-0.1, -0.05) is 18.2 Å². The third kappa shape index (κ3) is 1.91. The molecule has 1 aromatic heterocycles. The Morgan fingerprint density at radius 1 is 1.40 bits per heavy atom. The molecule has 1 aromatic carbocycles. The number of hydrogen-bond donors (Lipinski definition) is 1. The average molecular weight is 202 g/mol. The van der Waals surface area contributed by atoms with Crippen LogP contribution in [-0.2, 0) is 4.79 Å². The summed E-state index contributed by atoms with van der Waals surface area (Å²) >= 11 is 0. The predicted molar refractivity (Wildman–Crippen MR) is 57.5 cm³/mol. The minimum atomic E-state index is -0.935. The molecule has 0 aliphatic carbocycles. The van der Waals surface area contributed by atoms with Gasteiger partial charge in [-0.15, -0.1) is 0 Å². The minimum absolute atomic E-state index is 0.258. The summed E-state index contributed by atoms with van der Waals surface area (Å²) in [6.45, 7) is 1.54. The van der Waals surface area contributed by atoms with E-state index in [1.54, 1.807) is 0 Å². The van der Waals surface area contributed by atoms with E-state index in [1.807, 2.05) is 30.3 Å². The second-order valence-electron chi connectivity index (χ2n) is 3.32. The number of para-hydroxylation sites is 1. The van der Waals surface area contributed by atoms with Gasteiger partial charge in [0.25, 0.3) is 0 Å². The van der Waals surface area contributed by atoms with Crippen molar-refractivity contribution in [1.29, 1.82) is 0 Å². The van der Waals surface area contributed by atoms with Crippen LogP contribution in [-0.4, -0.2) is 11.1 Å². The van der Waals surface area contributed by atoms with Gasteiger partial charge >= 0.3 is 5.97 Å². The van der Waals surface area contributed by atoms with Crippen LogP contribution in [0, 0.1) is 0 Å². The Morgan fingerprint density at radius 3 is 2.80 bits per heavy atom. The molecule has 0 radical (unpaired) electrons. The SMILES string of the molecule is CC(=Cc1cc2ccccc2o1)C(=O)O. The molecule has 0 saturated carbocycles. The summed E-state index contributed by atoms with van der Waals surface area (Å²) in [6.07, 6.45) is 1.52. The third-order valence-corrected chi connectivity index (χ3v) is 2.14. The molecule has 3 nitrogen and oxygen atoms in total. The fourth-order valence-corrected chi connectivity index (χ4v) is 1.35. The number of carbonyl (C=O) groups is 1. The fraction of sp³-hybridized carbons (Fsp3) is 0.0833. The Balaban J connectivity index is 2.46. The average Bonchev–Trinajstić information content (AvgIpc) is 2.59. The van der Waals surface area contributed by atoms with Crippen LogP contribution in [0.5, 0.6) is 0 Å². The maximum atomic E-state index is 10.6. The van der Waals surface area contributed by atoms with E-state index in [0.29, 0.717) is 5.76 Å². The van der Waals surface area contributed by atoms with E-state index in [1.165, 1.54) is 13.0 Å². The molecular weight excluding hydrogens is 192 g/mol. The highest BCUT2D eigenvalue weighted by atomic mass is 16.4. The van der Waals surface area contributed by atoms with Gasteiger partial charge in [-0.05, 0) is 25.1 Å². The van der Waals surface area contributed by atoms with Gasteiger partial charge in [0.05, 0.1) is 0 Å². The monoisotopic (exact) mass is 202 g/mol. The second kappa shape index (κ2) is 3.61. The Kier molecular flexibility index (Phi) is 2.29. The van der Waals surface area contributed by atoms with Gasteiger partial charge in [0.1, 0.15) is 11.3 Å². The van der Waals surface area contributed by atoms with Crippen LogP contribution >= 0.6 is 0 Å². The summed E-state index contributed by atoms with van der Waals surface area (Å²) in [4.78, 5) is 10.6. The van der Waals surface area contributed by atoms with Crippen LogP contribution in [0.3, 0.4) is 0 Å². The second-order valence-corrected chi connectivity index (χ2v) is 3.32. The molecule has 15 heavy (non-hydrogen) atoms. The summed E-state index contributed by atoms with van der Waals surface area (Å²) < 4.78 is 5.45. The Morgan fingerprint density at radius 2 is 2.13 bits per heavy atom. The fourth-order valence-electron chi connectivity index (χ4n) is 1.35. The molecule has 0 aliphatic heterocycles. The highest BCUT2D eigenvalue weighted by Crippen LogP contribution is 2.20. The van der Waals surface area contributed by atoms with Crippen LogP contribution in [0.25, 0.3) is 17.0 Å². The highest BCUT2D eigenvalue weighted by molar-refractivity contribution is 5.92. The number of rotatable bonds is 2. The molecule has 0 fully saturated rings. The van der Waals surface area contributed by atoms with Gasteiger partial charge < -0.3 is 9.52 Å². The van der Waals surface area contributed by atoms with E-state index in [0.717, 1.165) is 11.0 Å². The lowest BCUT2D eigenvalue weighted by molar-refractivity contribution is -0.132. The lowest BCUT2D eigenvalue weighted by atomic mass is 10.2. The molecule has 0 unspecified atom stereocenters. The molecule has 2 aromatic rings. The Labute approximate surface area is 86.6 Å². The van der Waals surface area contributed by atoms with Crippen LogP contribution in [0.4, 0.5) is 0 Å². The maximum Gasteiger partial charge on any atom is 0.331 e. The number of fused-ring (bicyclic) bond motifs is 1. The van der Waals surface area contributed by atoms with Crippen molar-refractivity contribution < 1.29 is 14.3 Å². The van der Waals surface area contributed by atoms with Crippen LogP contribution < -0.4 is 0 Å². The van der Waals surface area contributed by atoms with Crippen molar-refractivity contribution in [2.24, 2.45) is 0 Å². The summed E-state index contributed by atoms with van der Waals surface area (Å²) in [5.41, 5.74) is 1.02. The standard InChI is InChI=1S/C12H10O3/c1-8(12(13)14)6-10-7-9-4-2-3-5-11(9)15-10/h2-7H,1H3,(H,13,14). The number of carboxylic acids is 1. The van der Waals surface area contributed by atoms with E-state index in [9.17, 15) is 4.79 Å². The zero-order valence-corrected chi connectivity index (χ0v) is 8.23. The van der Waals surface area contributed by atoms with Crippen LogP contribution in [0.1, 0.15) is 12.7 Å². The van der Waals surface area contributed by atoms with Crippen molar-refractivity contribution in [3.63, 3.8) is 0 Å². The van der Waals surface area contributed by atoms with Crippen LogP contribution in [0.2, 0.25) is 0 Å². The van der Waals surface area contributed by atoms with E-state index < -0.39 is 5.97 Å². The third-order valence-electron chi connectivity index (χ3n) is 2.14. The highest BCUT2D eigenvalue weighted by Gasteiger charge is 2.04. The molecule has 0 bridgehead atoms. The van der Waals surface area contributed by atoms with E-state index in [2.05, 4.69) is 0 Å².